The van der Waals surface area contributed by atoms with E-state index in [9.17, 15) is 9.90 Å². The van der Waals surface area contributed by atoms with Gasteiger partial charge in [0.05, 0.1) is 11.2 Å². The van der Waals surface area contributed by atoms with Crippen LogP contribution in [0.5, 0.6) is 0 Å². The maximum absolute atomic E-state index is 11.4. The smallest absolute Gasteiger partial charge is 0.404 e. The molecule has 0 radical (unpaired) electrons. The Morgan fingerprint density at radius 2 is 1.94 bits per heavy atom. The molecule has 186 valence electrons. The highest BCUT2D eigenvalue weighted by Crippen LogP contribution is 2.35. The van der Waals surface area contributed by atoms with Gasteiger partial charge in [0.15, 0.2) is 11.5 Å². The fourth-order valence-electron chi connectivity index (χ4n) is 5.37. The third kappa shape index (κ3) is 4.51. The van der Waals surface area contributed by atoms with Gasteiger partial charge >= 0.3 is 6.09 Å². The van der Waals surface area contributed by atoms with Crippen molar-refractivity contribution >= 4 is 34.4 Å². The number of nitrogens with zero attached hydrogens (tertiary/aromatic N) is 5. The van der Waals surface area contributed by atoms with Crippen LogP contribution >= 0.6 is 0 Å². The molecule has 0 spiro atoms. The zero-order valence-corrected chi connectivity index (χ0v) is 21.0. The first kappa shape index (κ1) is 23.8. The number of nitrogens with one attached hydrogen (secondary N) is 1. The first-order valence-corrected chi connectivity index (χ1v) is 12.4. The Morgan fingerprint density at radius 3 is 2.64 bits per heavy atom. The molecule has 1 aliphatic rings. The van der Waals surface area contributed by atoms with Gasteiger partial charge in [0.1, 0.15) is 5.69 Å². The summed E-state index contributed by atoms with van der Waals surface area (Å²) < 4.78 is 1.94. The highest BCUT2D eigenvalue weighted by Gasteiger charge is 2.35. The number of amides is 1. The van der Waals surface area contributed by atoms with Crippen molar-refractivity contribution in [2.24, 2.45) is 11.3 Å². The number of carboxylic acid groups (broad SMARTS) is 1. The van der Waals surface area contributed by atoms with Gasteiger partial charge in [-0.2, -0.15) is 0 Å². The molecule has 1 unspecified atom stereocenters. The van der Waals surface area contributed by atoms with E-state index in [4.69, 9.17) is 4.98 Å². The van der Waals surface area contributed by atoms with E-state index < -0.39 is 6.09 Å². The van der Waals surface area contributed by atoms with E-state index in [0.29, 0.717) is 11.7 Å². The summed E-state index contributed by atoms with van der Waals surface area (Å²) in [6.45, 7) is 11.8. The molecule has 3 aromatic heterocycles. The van der Waals surface area contributed by atoms with Crippen molar-refractivity contribution in [3.63, 3.8) is 0 Å². The lowest BCUT2D eigenvalue weighted by molar-refractivity contribution is 0.142. The van der Waals surface area contributed by atoms with Crippen molar-refractivity contribution in [1.82, 2.24) is 24.9 Å². The van der Waals surface area contributed by atoms with E-state index in [-0.39, 0.29) is 11.5 Å². The lowest BCUT2D eigenvalue weighted by atomic mass is 9.75. The Balaban J connectivity index is 1.44. The summed E-state index contributed by atoms with van der Waals surface area (Å²) in [5.74, 6) is 0.988. The quantitative estimate of drug-likeness (QED) is 0.389. The fourth-order valence-corrected chi connectivity index (χ4v) is 5.37. The Kier molecular flexibility index (Phi) is 6.12. The van der Waals surface area contributed by atoms with Crippen molar-refractivity contribution in [2.45, 2.75) is 39.7 Å². The van der Waals surface area contributed by atoms with Gasteiger partial charge in [-0.1, -0.05) is 51.6 Å². The SMILES string of the molecule is C=Cc1ccn2c(-c3ccc4cccc(N5CCC(C(NC(=O)O)C(C)(C)C)CC5)c4n3)nnc2c1. The number of anilines is 1. The predicted molar refractivity (Wildman–Crippen MR) is 143 cm³/mol. The van der Waals surface area contributed by atoms with Crippen LogP contribution < -0.4 is 10.2 Å². The van der Waals surface area contributed by atoms with Crippen LogP contribution in [0.15, 0.2) is 55.2 Å². The molecule has 0 bridgehead atoms. The van der Waals surface area contributed by atoms with Gasteiger partial charge in [-0.05, 0) is 54.0 Å². The van der Waals surface area contributed by atoms with Crippen LogP contribution in [0.2, 0.25) is 0 Å². The molecule has 5 rings (SSSR count). The maximum Gasteiger partial charge on any atom is 0.404 e. The Labute approximate surface area is 210 Å². The average Bonchev–Trinajstić information content (AvgIpc) is 3.29. The van der Waals surface area contributed by atoms with Crippen LogP contribution in [-0.4, -0.2) is 49.9 Å². The lowest BCUT2D eigenvalue weighted by Crippen LogP contribution is -2.51. The third-order valence-electron chi connectivity index (χ3n) is 7.16. The van der Waals surface area contributed by atoms with Crippen LogP contribution in [-0.2, 0) is 0 Å². The second-order valence-corrected chi connectivity index (χ2v) is 10.6. The number of rotatable bonds is 5. The largest absolute Gasteiger partial charge is 0.465 e. The molecule has 1 amide bonds. The third-order valence-corrected chi connectivity index (χ3v) is 7.16. The van der Waals surface area contributed by atoms with E-state index in [1.807, 2.05) is 28.8 Å². The van der Waals surface area contributed by atoms with Gasteiger partial charge in [0, 0.05) is 30.7 Å². The van der Waals surface area contributed by atoms with Gasteiger partial charge in [-0.25, -0.2) is 9.78 Å². The number of fused-ring (bicyclic) bond motifs is 2. The Hall–Kier alpha value is -3.94. The first-order chi connectivity index (χ1) is 17.2. The molecule has 8 nitrogen and oxygen atoms in total. The number of benzene rings is 1. The molecule has 1 aromatic carbocycles. The van der Waals surface area contributed by atoms with E-state index in [1.165, 1.54) is 0 Å². The Morgan fingerprint density at radius 1 is 1.17 bits per heavy atom. The molecule has 1 aliphatic heterocycles. The topological polar surface area (TPSA) is 95.7 Å². The lowest BCUT2D eigenvalue weighted by Gasteiger charge is -2.42. The van der Waals surface area contributed by atoms with E-state index in [2.05, 4.69) is 72.0 Å². The Bertz CT molecular complexity index is 1430. The maximum atomic E-state index is 11.4. The number of hydrogen-bond donors (Lipinski definition) is 2. The molecular weight excluding hydrogens is 452 g/mol. The number of piperidine rings is 1. The van der Waals surface area contributed by atoms with E-state index in [0.717, 1.165) is 59.4 Å². The van der Waals surface area contributed by atoms with Crippen molar-refractivity contribution in [3.05, 3.63) is 60.8 Å². The summed E-state index contributed by atoms with van der Waals surface area (Å²) in [6.07, 6.45) is 4.61. The number of pyridine rings is 2. The van der Waals surface area contributed by atoms with Crippen molar-refractivity contribution < 1.29 is 9.90 Å². The van der Waals surface area contributed by atoms with Gasteiger partial charge in [-0.3, -0.25) is 4.40 Å². The second-order valence-electron chi connectivity index (χ2n) is 10.6. The van der Waals surface area contributed by atoms with Crippen molar-refractivity contribution in [3.8, 4) is 11.5 Å². The summed E-state index contributed by atoms with van der Waals surface area (Å²) in [7, 11) is 0. The van der Waals surface area contributed by atoms with E-state index >= 15 is 0 Å². The zero-order chi connectivity index (χ0) is 25.4. The minimum absolute atomic E-state index is 0.0859. The van der Waals surface area contributed by atoms with Gasteiger partial charge in [-0.15, -0.1) is 10.2 Å². The highest BCUT2D eigenvalue weighted by atomic mass is 16.4. The van der Waals surface area contributed by atoms with Gasteiger partial charge < -0.3 is 15.3 Å². The highest BCUT2D eigenvalue weighted by molar-refractivity contribution is 5.92. The van der Waals surface area contributed by atoms with Crippen LogP contribution in [0, 0.1) is 11.3 Å². The number of carbonyl (C=O) groups is 1. The monoisotopic (exact) mass is 484 g/mol. The van der Waals surface area contributed by atoms with Crippen molar-refractivity contribution in [1.29, 1.82) is 0 Å². The summed E-state index contributed by atoms with van der Waals surface area (Å²) >= 11 is 0. The molecule has 8 heteroatoms. The first-order valence-electron chi connectivity index (χ1n) is 12.4. The summed E-state index contributed by atoms with van der Waals surface area (Å²) in [5.41, 5.74) is 4.39. The molecule has 36 heavy (non-hydrogen) atoms. The van der Waals surface area contributed by atoms with Gasteiger partial charge in [0.2, 0.25) is 0 Å². The predicted octanol–water partition coefficient (Wildman–Crippen LogP) is 5.49. The molecule has 1 fully saturated rings. The number of para-hydroxylation sites is 1. The normalized spacial score (nSPS) is 15.8. The summed E-state index contributed by atoms with van der Waals surface area (Å²) in [5, 5.41) is 22.0. The average molecular weight is 485 g/mol. The molecule has 0 saturated carbocycles. The zero-order valence-electron chi connectivity index (χ0n) is 21.0. The molecule has 1 atom stereocenters. The molecule has 2 N–H and O–H groups in total. The minimum Gasteiger partial charge on any atom is -0.465 e. The summed E-state index contributed by atoms with van der Waals surface area (Å²) in [4.78, 5) is 18.8. The molecule has 0 aliphatic carbocycles. The molecule has 1 saturated heterocycles. The van der Waals surface area contributed by atoms with E-state index in [1.54, 1.807) is 6.08 Å². The second kappa shape index (κ2) is 9.26. The summed E-state index contributed by atoms with van der Waals surface area (Å²) in [6, 6.07) is 14.2. The molecular formula is C28H32N6O2. The van der Waals surface area contributed by atoms with Gasteiger partial charge in [0.25, 0.3) is 0 Å². The van der Waals surface area contributed by atoms with Crippen molar-refractivity contribution in [2.75, 3.05) is 18.0 Å². The fraction of sp³-hybridized carbons (Fsp3) is 0.357. The molecule has 4 heterocycles. The molecule has 4 aromatic rings. The van der Waals surface area contributed by atoms with Crippen LogP contribution in [0.4, 0.5) is 10.5 Å². The number of aromatic nitrogens is 4. The van der Waals surface area contributed by atoms with Crippen LogP contribution in [0.3, 0.4) is 0 Å². The standard InChI is InChI=1S/C28H32N6O2/c1-5-18-11-16-34-23(17-18)31-32-26(34)21-10-9-19-7-6-8-22(24(19)29-21)33-14-12-20(13-15-33)25(28(2,3)4)30-27(35)36/h5-11,16-17,20,25,30H,1,12-15H2,2-4H3,(H,35,36). The van der Waals surface area contributed by atoms with Crippen LogP contribution in [0.1, 0.15) is 39.2 Å². The van der Waals surface area contributed by atoms with Crippen LogP contribution in [0.25, 0.3) is 34.1 Å². The minimum atomic E-state index is -0.954. The number of hydrogen-bond acceptors (Lipinski definition) is 5.